The predicted molar refractivity (Wildman–Crippen MR) is 165 cm³/mol. The van der Waals surface area contributed by atoms with Crippen LogP contribution < -0.4 is 24.7 Å². The average molecular weight is 599 g/mol. The number of nitrogens with zero attached hydrogens (tertiary/aromatic N) is 1. The lowest BCUT2D eigenvalue weighted by atomic mass is 9.80. The molecule has 1 aliphatic carbocycles. The van der Waals surface area contributed by atoms with Gasteiger partial charge in [-0.05, 0) is 80.0 Å². The summed E-state index contributed by atoms with van der Waals surface area (Å²) in [4.78, 5) is 13.0. The van der Waals surface area contributed by atoms with E-state index in [1.165, 1.54) is 31.4 Å². The molecule has 3 aromatic carbocycles. The lowest BCUT2D eigenvalue weighted by Crippen LogP contribution is -2.26. The molecular weight excluding hydrogens is 559 g/mol. The van der Waals surface area contributed by atoms with E-state index in [1.807, 2.05) is 25.1 Å². The van der Waals surface area contributed by atoms with Crippen molar-refractivity contribution in [3.63, 3.8) is 0 Å². The van der Waals surface area contributed by atoms with E-state index in [-0.39, 0.29) is 35.8 Å². The van der Waals surface area contributed by atoms with Crippen LogP contribution in [0.1, 0.15) is 81.4 Å². The van der Waals surface area contributed by atoms with Crippen LogP contribution in [-0.4, -0.2) is 12.6 Å². The second-order valence-corrected chi connectivity index (χ2v) is 11.5. The van der Waals surface area contributed by atoms with Crippen molar-refractivity contribution in [1.82, 2.24) is 0 Å². The fourth-order valence-corrected chi connectivity index (χ4v) is 6.05. The van der Waals surface area contributed by atoms with E-state index in [4.69, 9.17) is 24.7 Å². The number of rotatable bonds is 11. The number of nitriles is 1. The molecule has 44 heavy (non-hydrogen) atoms. The third-order valence-corrected chi connectivity index (χ3v) is 8.46. The number of esters is 1. The number of unbranched alkanes of at least 4 members (excludes halogenated alkanes) is 1. The van der Waals surface area contributed by atoms with Gasteiger partial charge in [-0.2, -0.15) is 5.26 Å². The fourth-order valence-electron chi connectivity index (χ4n) is 6.05. The van der Waals surface area contributed by atoms with Gasteiger partial charge in [-0.15, -0.1) is 0 Å². The maximum atomic E-state index is 13.3. The van der Waals surface area contributed by atoms with Crippen LogP contribution in [0.2, 0.25) is 0 Å². The first kappa shape index (κ1) is 30.9. The molecule has 2 N–H and O–H groups in total. The van der Waals surface area contributed by atoms with Gasteiger partial charge < -0.3 is 24.7 Å². The third kappa shape index (κ3) is 7.16. The third-order valence-electron chi connectivity index (χ3n) is 8.46. The van der Waals surface area contributed by atoms with Crippen LogP contribution in [-0.2, 0) is 11.4 Å². The molecule has 1 heterocycles. The Kier molecular flexibility index (Phi) is 10.1. The van der Waals surface area contributed by atoms with Crippen molar-refractivity contribution < 1.29 is 28.1 Å². The molecule has 3 aromatic rings. The fraction of sp³-hybridized carbons (Fsp3) is 0.389. The first-order valence-electron chi connectivity index (χ1n) is 15.5. The number of hydrogen-bond donors (Lipinski definition) is 1. The van der Waals surface area contributed by atoms with Gasteiger partial charge >= 0.3 is 5.97 Å². The van der Waals surface area contributed by atoms with Crippen molar-refractivity contribution in [2.45, 2.75) is 71.3 Å². The van der Waals surface area contributed by atoms with Gasteiger partial charge in [-0.3, -0.25) is 4.79 Å². The van der Waals surface area contributed by atoms with E-state index in [2.05, 4.69) is 13.0 Å². The number of benzene rings is 3. The summed E-state index contributed by atoms with van der Waals surface area (Å²) in [6.45, 7) is 4.72. The predicted octanol–water partition coefficient (Wildman–Crippen LogP) is 7.92. The second-order valence-electron chi connectivity index (χ2n) is 11.5. The van der Waals surface area contributed by atoms with Gasteiger partial charge in [0.2, 0.25) is 5.88 Å². The minimum absolute atomic E-state index is 0.00604. The number of nitrogens with two attached hydrogens (primary N) is 1. The smallest absolute Gasteiger partial charge is 0.314 e. The molecule has 8 heteroatoms. The summed E-state index contributed by atoms with van der Waals surface area (Å²) < 4.78 is 36.9. The Bertz CT molecular complexity index is 1540. The molecule has 1 fully saturated rings. The van der Waals surface area contributed by atoms with Crippen LogP contribution >= 0.6 is 0 Å². The SMILES string of the molecule is CCCCC1CCC(C(=O)Oc2ccc3c(c2)OC(N)=C(C#N)C3c2ccc(OCc3ccc(F)cc3)c(OCC)c2)CC1. The molecule has 1 unspecified atom stereocenters. The maximum absolute atomic E-state index is 13.3. The molecule has 1 aliphatic heterocycles. The first-order chi connectivity index (χ1) is 21.4. The molecule has 1 atom stereocenters. The summed E-state index contributed by atoms with van der Waals surface area (Å²) >= 11 is 0. The number of fused-ring (bicyclic) bond motifs is 1. The van der Waals surface area contributed by atoms with Crippen LogP contribution in [0, 0.1) is 29.0 Å². The number of ether oxygens (including phenoxy) is 4. The molecular formula is C36H39FN2O5. The van der Waals surface area contributed by atoms with Gasteiger partial charge in [-0.25, -0.2) is 4.39 Å². The summed E-state index contributed by atoms with van der Waals surface area (Å²) in [6, 6.07) is 19.0. The van der Waals surface area contributed by atoms with Gasteiger partial charge in [0.25, 0.3) is 0 Å². The lowest BCUT2D eigenvalue weighted by Gasteiger charge is -2.28. The Morgan fingerprint density at radius 2 is 1.77 bits per heavy atom. The molecule has 5 rings (SSSR count). The Morgan fingerprint density at radius 1 is 1.00 bits per heavy atom. The van der Waals surface area contributed by atoms with Crippen molar-refractivity contribution in [3.05, 3.63) is 94.6 Å². The second kappa shape index (κ2) is 14.3. The highest BCUT2D eigenvalue weighted by atomic mass is 19.1. The van der Waals surface area contributed by atoms with Crippen molar-refractivity contribution in [1.29, 1.82) is 5.26 Å². The molecule has 230 valence electrons. The van der Waals surface area contributed by atoms with Crippen molar-refractivity contribution >= 4 is 5.97 Å². The molecule has 0 spiro atoms. The van der Waals surface area contributed by atoms with Crippen molar-refractivity contribution in [2.24, 2.45) is 17.6 Å². The van der Waals surface area contributed by atoms with Crippen LogP contribution in [0.15, 0.2) is 72.1 Å². The first-order valence-corrected chi connectivity index (χ1v) is 15.5. The zero-order valence-corrected chi connectivity index (χ0v) is 25.3. The quantitative estimate of drug-likeness (QED) is 0.177. The zero-order valence-electron chi connectivity index (χ0n) is 25.3. The monoisotopic (exact) mass is 598 g/mol. The van der Waals surface area contributed by atoms with Crippen LogP contribution in [0.25, 0.3) is 0 Å². The van der Waals surface area contributed by atoms with Crippen molar-refractivity contribution in [3.8, 4) is 29.1 Å². The van der Waals surface area contributed by atoms with Crippen molar-refractivity contribution in [2.75, 3.05) is 6.61 Å². The number of hydrogen-bond acceptors (Lipinski definition) is 7. The van der Waals surface area contributed by atoms with Gasteiger partial charge in [0.15, 0.2) is 11.5 Å². The number of carbonyl (C=O) groups excluding carboxylic acids is 1. The molecule has 0 radical (unpaired) electrons. The van der Waals surface area contributed by atoms with Gasteiger partial charge in [0.1, 0.15) is 35.6 Å². The highest BCUT2D eigenvalue weighted by molar-refractivity contribution is 5.75. The largest absolute Gasteiger partial charge is 0.490 e. The van der Waals surface area contributed by atoms with E-state index in [0.29, 0.717) is 35.5 Å². The van der Waals surface area contributed by atoms with E-state index in [0.717, 1.165) is 42.4 Å². The Morgan fingerprint density at radius 3 is 2.48 bits per heavy atom. The average Bonchev–Trinajstić information content (AvgIpc) is 3.03. The highest BCUT2D eigenvalue weighted by Crippen LogP contribution is 2.45. The molecule has 1 saturated carbocycles. The zero-order chi connectivity index (χ0) is 31.1. The normalized spacial score (nSPS) is 19.4. The highest BCUT2D eigenvalue weighted by Gasteiger charge is 2.33. The summed E-state index contributed by atoms with van der Waals surface area (Å²) in [6.07, 6.45) is 7.50. The minimum Gasteiger partial charge on any atom is -0.490 e. The molecule has 2 aliphatic rings. The topological polar surface area (TPSA) is 104 Å². The van der Waals surface area contributed by atoms with E-state index >= 15 is 0 Å². The molecule has 0 aromatic heterocycles. The van der Waals surface area contributed by atoms with Gasteiger partial charge in [0, 0.05) is 11.6 Å². The Hall–Kier alpha value is -4.51. The van der Waals surface area contributed by atoms with E-state index in [1.54, 1.807) is 30.3 Å². The molecule has 0 bridgehead atoms. The standard InChI is InChI=1S/C36H39FN2O5/c1-3-5-6-23-7-11-25(12-8-23)36(40)43-28-16-17-29-32(20-28)44-35(39)30(21-38)34(29)26-13-18-31(33(19-26)41-4-2)42-22-24-9-14-27(37)15-10-24/h9-10,13-20,23,25,34H,3-8,11-12,22,39H2,1-2H3. The lowest BCUT2D eigenvalue weighted by molar-refractivity contribution is -0.140. The minimum atomic E-state index is -0.530. The summed E-state index contributed by atoms with van der Waals surface area (Å²) in [5.41, 5.74) is 8.80. The molecule has 7 nitrogen and oxygen atoms in total. The van der Waals surface area contributed by atoms with Gasteiger partial charge in [0.05, 0.1) is 18.4 Å². The Balaban J connectivity index is 1.34. The number of halogens is 1. The summed E-state index contributed by atoms with van der Waals surface area (Å²) in [7, 11) is 0. The van der Waals surface area contributed by atoms with E-state index in [9.17, 15) is 14.4 Å². The van der Waals surface area contributed by atoms with Crippen LogP contribution in [0.5, 0.6) is 23.0 Å². The Labute approximate surface area is 258 Å². The van der Waals surface area contributed by atoms with E-state index < -0.39 is 5.92 Å². The molecule has 0 amide bonds. The summed E-state index contributed by atoms with van der Waals surface area (Å²) in [5, 5.41) is 10.0. The molecule has 0 saturated heterocycles. The van der Waals surface area contributed by atoms with Crippen LogP contribution in [0.4, 0.5) is 4.39 Å². The number of carbonyl (C=O) groups is 1. The van der Waals surface area contributed by atoms with Crippen LogP contribution in [0.3, 0.4) is 0 Å². The number of allylic oxidation sites excluding steroid dienone is 1. The maximum Gasteiger partial charge on any atom is 0.314 e. The summed E-state index contributed by atoms with van der Waals surface area (Å²) in [5.74, 6) is 1.37. The van der Waals surface area contributed by atoms with Gasteiger partial charge in [-0.1, -0.05) is 50.5 Å².